The second-order valence-electron chi connectivity index (χ2n) is 4.08. The van der Waals surface area contributed by atoms with Crippen LogP contribution in [0.15, 0.2) is 5.03 Å². The Morgan fingerprint density at radius 2 is 1.58 bits per heavy atom. The molecule has 0 N–H and O–H groups in total. The number of rotatable bonds is 1. The summed E-state index contributed by atoms with van der Waals surface area (Å²) in [5.41, 5.74) is 8.43. The molecule has 0 radical (unpaired) electrons. The maximum absolute atomic E-state index is 8.43. The van der Waals surface area contributed by atoms with Crippen molar-refractivity contribution in [2.45, 2.75) is 50.2 Å². The molecule has 64 valence electrons. The smallest absolute Gasteiger partial charge is 0.148 e. The van der Waals surface area contributed by atoms with E-state index in [-0.39, 0.29) is 0 Å². The summed E-state index contributed by atoms with van der Waals surface area (Å²) in [6, 6.07) is 0. The third kappa shape index (κ3) is 1.31. The fourth-order valence-corrected chi connectivity index (χ4v) is 2.89. The Hall–Kier alpha value is -0.625. The average molecular weight is 163 g/mol. The molecule has 0 atom stereocenters. The summed E-state index contributed by atoms with van der Waals surface area (Å²) in [4.78, 5) is 2.97. The Morgan fingerprint density at radius 1 is 1.08 bits per heavy atom. The fourth-order valence-electron chi connectivity index (χ4n) is 2.89. The standard InChI is InChI=1S/C8H14BN3/c10-12-11-9-7-3-1-4-8(9)6-2-5-7/h7-8H,1-6H2. The van der Waals surface area contributed by atoms with Gasteiger partial charge in [-0.25, -0.2) is 0 Å². The molecule has 2 bridgehead atoms. The molecular weight excluding hydrogens is 149 g/mol. The molecule has 0 spiro atoms. The van der Waals surface area contributed by atoms with Crippen LogP contribution >= 0.6 is 0 Å². The zero-order valence-corrected chi connectivity index (χ0v) is 7.32. The van der Waals surface area contributed by atoms with Crippen LogP contribution in [0.3, 0.4) is 0 Å². The lowest BCUT2D eigenvalue weighted by atomic mass is 9.35. The van der Waals surface area contributed by atoms with Gasteiger partial charge in [-0.15, -0.1) is 5.03 Å². The molecule has 0 aromatic heterocycles. The molecule has 0 unspecified atom stereocenters. The monoisotopic (exact) mass is 163 g/mol. The van der Waals surface area contributed by atoms with E-state index in [1.165, 1.54) is 38.5 Å². The van der Waals surface area contributed by atoms with Crippen LogP contribution in [-0.2, 0) is 0 Å². The van der Waals surface area contributed by atoms with Gasteiger partial charge in [0, 0.05) is 0 Å². The quantitative estimate of drug-likeness (QED) is 0.246. The van der Waals surface area contributed by atoms with Gasteiger partial charge in [0.2, 0.25) is 6.85 Å². The molecule has 3 nitrogen and oxygen atoms in total. The summed E-state index contributed by atoms with van der Waals surface area (Å²) in [5.74, 6) is 1.43. The predicted octanol–water partition coefficient (Wildman–Crippen LogP) is 3.40. The van der Waals surface area contributed by atoms with E-state index in [2.05, 4.69) is 9.94 Å². The van der Waals surface area contributed by atoms with Gasteiger partial charge in [-0.3, -0.25) is 0 Å². The van der Waals surface area contributed by atoms with Crippen molar-refractivity contribution in [2.24, 2.45) is 5.03 Å². The first-order valence-electron chi connectivity index (χ1n) is 4.96. The van der Waals surface area contributed by atoms with Crippen LogP contribution in [0.25, 0.3) is 10.4 Å². The largest absolute Gasteiger partial charge is 0.249 e. The average Bonchev–Trinajstić information content (AvgIpc) is 2.04. The number of hydrogen-bond donors (Lipinski definition) is 0. The summed E-state index contributed by atoms with van der Waals surface area (Å²) in [6.45, 7) is 0.345. The minimum Gasteiger partial charge on any atom is -0.148 e. The van der Waals surface area contributed by atoms with Crippen molar-refractivity contribution < 1.29 is 0 Å². The van der Waals surface area contributed by atoms with Crippen molar-refractivity contribution in [1.29, 1.82) is 0 Å². The Labute approximate surface area is 73.3 Å². The second-order valence-corrected chi connectivity index (χ2v) is 4.08. The van der Waals surface area contributed by atoms with Gasteiger partial charge in [-0.1, -0.05) is 50.2 Å². The van der Waals surface area contributed by atoms with Gasteiger partial charge < -0.3 is 0 Å². The van der Waals surface area contributed by atoms with Gasteiger partial charge in [0.05, 0.1) is 0 Å². The fraction of sp³-hybridized carbons (Fsp3) is 1.00. The first-order valence-corrected chi connectivity index (χ1v) is 4.96. The van der Waals surface area contributed by atoms with E-state index in [0.29, 0.717) is 18.5 Å². The molecule has 0 aliphatic carbocycles. The van der Waals surface area contributed by atoms with Crippen molar-refractivity contribution in [1.82, 2.24) is 0 Å². The molecule has 4 heteroatoms. The molecule has 2 rings (SSSR count). The minimum absolute atomic E-state index is 0.345. The van der Waals surface area contributed by atoms with E-state index in [9.17, 15) is 0 Å². The highest BCUT2D eigenvalue weighted by atomic mass is 15.1. The first kappa shape index (κ1) is 8.00. The third-order valence-corrected chi connectivity index (χ3v) is 3.45. The molecule has 2 fully saturated rings. The SMILES string of the molecule is [N-]=[N+]=NB1C2CCCC1CCC2. The van der Waals surface area contributed by atoms with Crippen molar-refractivity contribution in [2.75, 3.05) is 0 Å². The van der Waals surface area contributed by atoms with Crippen molar-refractivity contribution in [3.63, 3.8) is 0 Å². The first-order chi connectivity index (χ1) is 5.92. The minimum atomic E-state index is 0.345. The highest BCUT2D eigenvalue weighted by Crippen LogP contribution is 2.46. The number of fused-ring (bicyclic) bond motifs is 2. The lowest BCUT2D eigenvalue weighted by Gasteiger charge is -2.37. The van der Waals surface area contributed by atoms with E-state index in [1.54, 1.807) is 0 Å². The highest BCUT2D eigenvalue weighted by Gasteiger charge is 2.38. The van der Waals surface area contributed by atoms with E-state index in [4.69, 9.17) is 5.53 Å². The van der Waals surface area contributed by atoms with E-state index in [1.807, 2.05) is 0 Å². The molecule has 0 saturated carbocycles. The lowest BCUT2D eigenvalue weighted by molar-refractivity contribution is 0.442. The number of azide groups is 1. The molecule has 0 aromatic rings. The van der Waals surface area contributed by atoms with Crippen molar-refractivity contribution in [3.05, 3.63) is 10.4 Å². The summed E-state index contributed by atoms with van der Waals surface area (Å²) < 4.78 is 0. The molecule has 0 aromatic carbocycles. The van der Waals surface area contributed by atoms with E-state index >= 15 is 0 Å². The molecule has 12 heavy (non-hydrogen) atoms. The number of hydrogen-bond acceptors (Lipinski definition) is 1. The normalized spacial score (nSPS) is 34.2. The molecule has 2 saturated heterocycles. The van der Waals surface area contributed by atoms with Gasteiger partial charge in [0.15, 0.2) is 0 Å². The van der Waals surface area contributed by atoms with Gasteiger partial charge in [-0.05, 0) is 10.4 Å². The predicted molar refractivity (Wildman–Crippen MR) is 50.1 cm³/mol. The Kier molecular flexibility index (Phi) is 2.27. The Balaban J connectivity index is 2.13. The van der Waals surface area contributed by atoms with Gasteiger partial charge in [0.1, 0.15) is 0 Å². The topological polar surface area (TPSA) is 48.8 Å². The van der Waals surface area contributed by atoms with Crippen LogP contribution in [0.1, 0.15) is 38.5 Å². The van der Waals surface area contributed by atoms with E-state index < -0.39 is 0 Å². The van der Waals surface area contributed by atoms with Crippen LogP contribution in [-0.4, -0.2) is 6.85 Å². The number of nitrogens with zero attached hydrogens (tertiary/aromatic N) is 3. The third-order valence-electron chi connectivity index (χ3n) is 3.45. The van der Waals surface area contributed by atoms with Crippen molar-refractivity contribution >= 4 is 6.85 Å². The van der Waals surface area contributed by atoms with Gasteiger partial charge in [-0.2, -0.15) is 0 Å². The molecule has 2 heterocycles. The van der Waals surface area contributed by atoms with Gasteiger partial charge >= 0.3 is 0 Å². The van der Waals surface area contributed by atoms with Crippen LogP contribution in [0, 0.1) is 0 Å². The molecular formula is C8H14BN3. The zero-order chi connectivity index (χ0) is 8.39. The van der Waals surface area contributed by atoms with Crippen LogP contribution in [0.4, 0.5) is 0 Å². The van der Waals surface area contributed by atoms with Crippen LogP contribution < -0.4 is 0 Å². The Bertz CT molecular complexity index is 190. The maximum atomic E-state index is 8.43. The summed E-state index contributed by atoms with van der Waals surface area (Å²) in [6.07, 6.45) is 7.88. The maximum Gasteiger partial charge on any atom is 0.249 e. The van der Waals surface area contributed by atoms with Crippen molar-refractivity contribution in [3.8, 4) is 0 Å². The molecule has 0 amide bonds. The lowest BCUT2D eigenvalue weighted by Crippen LogP contribution is -2.32. The zero-order valence-electron chi connectivity index (χ0n) is 7.32. The highest BCUT2D eigenvalue weighted by molar-refractivity contribution is 6.60. The second kappa shape index (κ2) is 3.40. The summed E-state index contributed by atoms with van der Waals surface area (Å²) >= 11 is 0. The summed E-state index contributed by atoms with van der Waals surface area (Å²) in [7, 11) is 0. The Morgan fingerprint density at radius 3 is 2.00 bits per heavy atom. The summed E-state index contributed by atoms with van der Waals surface area (Å²) in [5, 5.41) is 3.95. The molecule has 2 aliphatic rings. The van der Waals surface area contributed by atoms with E-state index in [0.717, 1.165) is 0 Å². The van der Waals surface area contributed by atoms with Gasteiger partial charge in [0.25, 0.3) is 0 Å². The molecule has 2 aliphatic heterocycles. The van der Waals surface area contributed by atoms with Crippen LogP contribution in [0.5, 0.6) is 0 Å². The van der Waals surface area contributed by atoms with Crippen LogP contribution in [0.2, 0.25) is 11.6 Å².